The van der Waals surface area contributed by atoms with Crippen LogP contribution in [-0.2, 0) is 16.1 Å². The van der Waals surface area contributed by atoms with Crippen molar-refractivity contribution in [3.05, 3.63) is 51.9 Å². The number of ether oxygens (including phenoxy) is 1. The van der Waals surface area contributed by atoms with E-state index in [0.717, 1.165) is 0 Å². The third kappa shape index (κ3) is 4.30. The van der Waals surface area contributed by atoms with E-state index in [1.165, 1.54) is 6.07 Å². The molecular weight excluding hydrogens is 290 g/mol. The van der Waals surface area contributed by atoms with Gasteiger partial charge >= 0.3 is 5.97 Å². The van der Waals surface area contributed by atoms with Crippen LogP contribution in [0.4, 0.5) is 11.4 Å². The third-order valence-electron chi connectivity index (χ3n) is 2.80. The number of hydrogen-bond donors (Lipinski definition) is 1. The highest BCUT2D eigenvalue weighted by atomic mass is 16.6. The molecular formula is C14H15N3O5. The van der Waals surface area contributed by atoms with E-state index in [1.54, 1.807) is 31.2 Å². The summed E-state index contributed by atoms with van der Waals surface area (Å²) in [6.07, 6.45) is 0.0825. The second-order valence-corrected chi connectivity index (χ2v) is 4.55. The molecule has 1 heterocycles. The largest absolute Gasteiger partial charge is 0.457 e. The van der Waals surface area contributed by atoms with E-state index >= 15 is 0 Å². The van der Waals surface area contributed by atoms with E-state index in [9.17, 15) is 14.9 Å². The fourth-order valence-electron chi connectivity index (χ4n) is 1.79. The van der Waals surface area contributed by atoms with Crippen molar-refractivity contribution in [3.63, 3.8) is 0 Å². The van der Waals surface area contributed by atoms with E-state index < -0.39 is 10.9 Å². The molecule has 1 N–H and O–H groups in total. The topological polar surface area (TPSA) is 108 Å². The zero-order chi connectivity index (χ0) is 15.9. The van der Waals surface area contributed by atoms with Gasteiger partial charge in [0.15, 0.2) is 12.4 Å². The first-order chi connectivity index (χ1) is 10.6. The Morgan fingerprint density at radius 1 is 1.45 bits per heavy atom. The number of esters is 1. The number of aromatic nitrogens is 1. The second kappa shape index (κ2) is 7.21. The second-order valence-electron chi connectivity index (χ2n) is 4.55. The maximum atomic E-state index is 11.6. The molecule has 0 bridgehead atoms. The molecule has 0 atom stereocenters. The molecule has 0 unspecified atom stereocenters. The molecule has 0 spiro atoms. The molecule has 2 rings (SSSR count). The van der Waals surface area contributed by atoms with Gasteiger partial charge in [-0.25, -0.2) is 0 Å². The molecule has 0 saturated carbocycles. The van der Waals surface area contributed by atoms with Crippen LogP contribution in [0.25, 0.3) is 0 Å². The Balaban J connectivity index is 1.76. The van der Waals surface area contributed by atoms with Gasteiger partial charge < -0.3 is 14.6 Å². The van der Waals surface area contributed by atoms with Crippen molar-refractivity contribution in [1.82, 2.24) is 5.16 Å². The van der Waals surface area contributed by atoms with Gasteiger partial charge in [0.05, 0.1) is 17.0 Å². The molecule has 0 saturated heterocycles. The summed E-state index contributed by atoms with van der Waals surface area (Å²) in [6.45, 7) is 2.02. The summed E-state index contributed by atoms with van der Waals surface area (Å²) in [4.78, 5) is 21.9. The van der Waals surface area contributed by atoms with Gasteiger partial charge in [0.2, 0.25) is 0 Å². The maximum absolute atomic E-state index is 11.6. The van der Waals surface area contributed by atoms with E-state index in [0.29, 0.717) is 17.1 Å². The predicted octanol–water partition coefficient (Wildman–Crippen LogP) is 2.44. The van der Waals surface area contributed by atoms with E-state index in [4.69, 9.17) is 9.26 Å². The summed E-state index contributed by atoms with van der Waals surface area (Å²) < 4.78 is 9.92. The molecule has 1 aromatic carbocycles. The zero-order valence-electron chi connectivity index (χ0n) is 11.9. The Morgan fingerprint density at radius 3 is 2.91 bits per heavy atom. The highest BCUT2D eigenvalue weighted by Crippen LogP contribution is 2.22. The number of nitrogens with zero attached hydrogens (tertiary/aromatic N) is 2. The number of para-hydroxylation sites is 2. The van der Waals surface area contributed by atoms with Crippen LogP contribution in [0.15, 0.2) is 34.9 Å². The average Bonchev–Trinajstić information content (AvgIpc) is 2.91. The van der Waals surface area contributed by atoms with E-state index in [-0.39, 0.29) is 25.3 Å². The van der Waals surface area contributed by atoms with Gasteiger partial charge in [-0.3, -0.25) is 14.9 Å². The lowest BCUT2D eigenvalue weighted by Crippen LogP contribution is -2.12. The summed E-state index contributed by atoms with van der Waals surface area (Å²) in [7, 11) is 0. The minimum Gasteiger partial charge on any atom is -0.457 e. The van der Waals surface area contributed by atoms with Crippen LogP contribution in [-0.4, -0.2) is 22.6 Å². The van der Waals surface area contributed by atoms with Crippen LogP contribution in [0.1, 0.15) is 17.9 Å². The molecule has 0 fully saturated rings. The van der Waals surface area contributed by atoms with Crippen LogP contribution in [0.2, 0.25) is 0 Å². The van der Waals surface area contributed by atoms with Gasteiger partial charge in [0, 0.05) is 18.7 Å². The number of rotatable bonds is 7. The number of anilines is 1. The van der Waals surface area contributed by atoms with Crippen LogP contribution in [0.5, 0.6) is 0 Å². The Morgan fingerprint density at radius 2 is 2.23 bits per heavy atom. The molecule has 8 nitrogen and oxygen atoms in total. The Labute approximate surface area is 126 Å². The Bertz CT molecular complexity index is 668. The van der Waals surface area contributed by atoms with Crippen molar-refractivity contribution in [3.8, 4) is 0 Å². The van der Waals surface area contributed by atoms with E-state index in [2.05, 4.69) is 10.5 Å². The molecule has 0 aliphatic rings. The van der Waals surface area contributed by atoms with Gasteiger partial charge in [-0.15, -0.1) is 0 Å². The minimum absolute atomic E-state index is 0.0190. The van der Waals surface area contributed by atoms with Gasteiger partial charge in [0.25, 0.3) is 5.69 Å². The average molecular weight is 305 g/mol. The summed E-state index contributed by atoms with van der Waals surface area (Å²) in [5.74, 6) is 0.0395. The van der Waals surface area contributed by atoms with Crippen LogP contribution < -0.4 is 5.32 Å². The molecule has 116 valence electrons. The Hall–Kier alpha value is -2.90. The molecule has 22 heavy (non-hydrogen) atoms. The number of aryl methyl sites for hydroxylation is 1. The van der Waals surface area contributed by atoms with Crippen molar-refractivity contribution >= 4 is 17.3 Å². The smallest absolute Gasteiger partial charge is 0.308 e. The number of carbonyl (C=O) groups is 1. The number of nitro groups is 1. The van der Waals surface area contributed by atoms with Crippen molar-refractivity contribution in [2.75, 3.05) is 11.9 Å². The van der Waals surface area contributed by atoms with Gasteiger partial charge in [-0.05, 0) is 13.0 Å². The highest BCUT2D eigenvalue weighted by molar-refractivity contribution is 5.70. The van der Waals surface area contributed by atoms with Crippen LogP contribution >= 0.6 is 0 Å². The maximum Gasteiger partial charge on any atom is 0.308 e. The number of hydrogen-bond acceptors (Lipinski definition) is 7. The van der Waals surface area contributed by atoms with Crippen LogP contribution in [0.3, 0.4) is 0 Å². The normalized spacial score (nSPS) is 10.2. The lowest BCUT2D eigenvalue weighted by molar-refractivity contribution is -0.384. The first kappa shape index (κ1) is 15.5. The van der Waals surface area contributed by atoms with Crippen molar-refractivity contribution in [2.45, 2.75) is 20.0 Å². The minimum atomic E-state index is -0.479. The van der Waals surface area contributed by atoms with Gasteiger partial charge in [-0.2, -0.15) is 0 Å². The molecule has 0 amide bonds. The summed E-state index contributed by atoms with van der Waals surface area (Å²) in [5, 5.41) is 17.4. The molecule has 8 heteroatoms. The van der Waals surface area contributed by atoms with Crippen molar-refractivity contribution in [1.29, 1.82) is 0 Å². The number of nitro benzene ring substituents is 1. The standard InChI is InChI=1S/C14H15N3O5/c1-10-8-11(22-16-10)9-21-14(18)6-7-15-12-4-2-3-5-13(12)17(19)20/h2-5,8,15H,6-7,9H2,1H3. The molecule has 1 aromatic heterocycles. The number of nitrogens with one attached hydrogen (secondary N) is 1. The Kier molecular flexibility index (Phi) is 5.07. The molecule has 0 aliphatic carbocycles. The zero-order valence-corrected chi connectivity index (χ0v) is 11.9. The first-order valence-electron chi connectivity index (χ1n) is 6.61. The number of benzene rings is 1. The SMILES string of the molecule is Cc1cc(COC(=O)CCNc2ccccc2[N+](=O)[O-])on1. The van der Waals surface area contributed by atoms with Crippen LogP contribution in [0, 0.1) is 17.0 Å². The molecule has 2 aromatic rings. The summed E-state index contributed by atoms with van der Waals surface area (Å²) in [5.41, 5.74) is 1.04. The molecule has 0 aliphatic heterocycles. The van der Waals surface area contributed by atoms with Crippen molar-refractivity contribution in [2.24, 2.45) is 0 Å². The van der Waals surface area contributed by atoms with Gasteiger partial charge in [-0.1, -0.05) is 17.3 Å². The summed E-state index contributed by atoms with van der Waals surface area (Å²) >= 11 is 0. The lowest BCUT2D eigenvalue weighted by atomic mass is 10.2. The fraction of sp³-hybridized carbons (Fsp3) is 0.286. The highest BCUT2D eigenvalue weighted by Gasteiger charge is 2.12. The number of carbonyl (C=O) groups excluding carboxylic acids is 1. The first-order valence-corrected chi connectivity index (χ1v) is 6.61. The monoisotopic (exact) mass is 305 g/mol. The van der Waals surface area contributed by atoms with Gasteiger partial charge in [0.1, 0.15) is 5.69 Å². The summed E-state index contributed by atoms with van der Waals surface area (Å²) in [6, 6.07) is 7.92. The van der Waals surface area contributed by atoms with Crippen molar-refractivity contribution < 1.29 is 19.0 Å². The quantitative estimate of drug-likeness (QED) is 0.475. The fourth-order valence-corrected chi connectivity index (χ4v) is 1.79. The predicted molar refractivity (Wildman–Crippen MR) is 77.2 cm³/mol. The lowest BCUT2D eigenvalue weighted by Gasteiger charge is -2.06. The molecule has 0 radical (unpaired) electrons. The third-order valence-corrected chi connectivity index (χ3v) is 2.80. The van der Waals surface area contributed by atoms with E-state index in [1.807, 2.05) is 0 Å².